The molecule has 2 rings (SSSR count). The van der Waals surface area contributed by atoms with Gasteiger partial charge in [0.1, 0.15) is 0 Å². The van der Waals surface area contributed by atoms with Crippen LogP contribution in [-0.4, -0.2) is 25.4 Å². The minimum absolute atomic E-state index is 0.0589. The molecule has 1 aromatic rings. The Morgan fingerprint density at radius 3 is 2.05 bits per heavy atom. The number of hydrogen-bond acceptors (Lipinski definition) is 4. The van der Waals surface area contributed by atoms with Crippen molar-refractivity contribution in [1.82, 2.24) is 5.32 Å². The van der Waals surface area contributed by atoms with Gasteiger partial charge in [0.05, 0.1) is 14.2 Å². The summed E-state index contributed by atoms with van der Waals surface area (Å²) >= 11 is 0. The fraction of sp³-hybridized carbons (Fsp3) is 0.647. The van der Waals surface area contributed by atoms with E-state index in [2.05, 4.69) is 19.2 Å². The maximum atomic E-state index is 9.93. The van der Waals surface area contributed by atoms with E-state index in [1.54, 1.807) is 14.2 Å². The molecule has 2 atom stereocenters. The summed E-state index contributed by atoms with van der Waals surface area (Å²) in [5.74, 6) is 2.54. The molecule has 0 heterocycles. The van der Waals surface area contributed by atoms with Gasteiger partial charge in [0.15, 0.2) is 11.5 Å². The standard InChI is InChI=1S/C17H27NO3/c1-11-5-12(2)7-14(6-11)18-10-13-8-15(20-3)17(19)16(9-13)21-4/h8-9,11-12,14,18-19H,5-7,10H2,1-4H3. The fourth-order valence-corrected chi connectivity index (χ4v) is 3.43. The molecule has 1 aliphatic rings. The first-order valence-corrected chi connectivity index (χ1v) is 7.70. The molecule has 0 aliphatic heterocycles. The first-order valence-electron chi connectivity index (χ1n) is 7.70. The lowest BCUT2D eigenvalue weighted by molar-refractivity contribution is 0.238. The molecule has 2 unspecified atom stereocenters. The molecule has 0 saturated heterocycles. The number of phenolic OH excluding ortho intramolecular Hbond substituents is 1. The highest BCUT2D eigenvalue weighted by Gasteiger charge is 2.23. The zero-order valence-corrected chi connectivity index (χ0v) is 13.5. The van der Waals surface area contributed by atoms with Gasteiger partial charge in [-0.3, -0.25) is 0 Å². The summed E-state index contributed by atoms with van der Waals surface area (Å²) in [6, 6.07) is 4.29. The monoisotopic (exact) mass is 293 g/mol. The molecular weight excluding hydrogens is 266 g/mol. The second-order valence-electron chi connectivity index (χ2n) is 6.34. The highest BCUT2D eigenvalue weighted by atomic mass is 16.5. The molecule has 1 aromatic carbocycles. The first kappa shape index (κ1) is 16.0. The van der Waals surface area contributed by atoms with Crippen LogP contribution in [0, 0.1) is 11.8 Å². The molecule has 0 spiro atoms. The normalized spacial score (nSPS) is 25.6. The molecule has 4 heteroatoms. The molecule has 1 saturated carbocycles. The Hall–Kier alpha value is -1.42. The first-order chi connectivity index (χ1) is 10.0. The van der Waals surface area contributed by atoms with Gasteiger partial charge in [0.25, 0.3) is 0 Å². The van der Waals surface area contributed by atoms with Crippen LogP contribution < -0.4 is 14.8 Å². The maximum absolute atomic E-state index is 9.93. The lowest BCUT2D eigenvalue weighted by Gasteiger charge is -2.32. The van der Waals surface area contributed by atoms with Crippen molar-refractivity contribution in [3.63, 3.8) is 0 Å². The fourth-order valence-electron chi connectivity index (χ4n) is 3.43. The van der Waals surface area contributed by atoms with E-state index < -0.39 is 0 Å². The molecule has 21 heavy (non-hydrogen) atoms. The number of benzene rings is 1. The van der Waals surface area contributed by atoms with E-state index in [0.29, 0.717) is 17.5 Å². The summed E-state index contributed by atoms with van der Waals surface area (Å²) in [6.45, 7) is 5.42. The van der Waals surface area contributed by atoms with Crippen molar-refractivity contribution < 1.29 is 14.6 Å². The summed E-state index contributed by atoms with van der Waals surface area (Å²) in [5.41, 5.74) is 1.06. The molecule has 1 aliphatic carbocycles. The second kappa shape index (κ2) is 7.03. The summed E-state index contributed by atoms with van der Waals surface area (Å²) in [7, 11) is 3.10. The van der Waals surface area contributed by atoms with Crippen LogP contribution in [0.4, 0.5) is 0 Å². The van der Waals surface area contributed by atoms with Crippen LogP contribution in [0.15, 0.2) is 12.1 Å². The highest BCUT2D eigenvalue weighted by molar-refractivity contribution is 5.52. The second-order valence-corrected chi connectivity index (χ2v) is 6.34. The number of methoxy groups -OCH3 is 2. The van der Waals surface area contributed by atoms with Crippen molar-refractivity contribution in [3.8, 4) is 17.2 Å². The van der Waals surface area contributed by atoms with Gasteiger partial charge in [-0.25, -0.2) is 0 Å². The lowest BCUT2D eigenvalue weighted by Crippen LogP contribution is -2.35. The lowest BCUT2D eigenvalue weighted by atomic mass is 9.80. The van der Waals surface area contributed by atoms with Crippen LogP contribution in [0.1, 0.15) is 38.7 Å². The average molecular weight is 293 g/mol. The van der Waals surface area contributed by atoms with E-state index in [-0.39, 0.29) is 5.75 Å². The van der Waals surface area contributed by atoms with Crippen LogP contribution in [-0.2, 0) is 6.54 Å². The van der Waals surface area contributed by atoms with Crippen LogP contribution >= 0.6 is 0 Å². The number of nitrogens with one attached hydrogen (secondary N) is 1. The predicted molar refractivity (Wildman–Crippen MR) is 84.0 cm³/mol. The Bertz CT molecular complexity index is 440. The van der Waals surface area contributed by atoms with Crippen LogP contribution in [0.3, 0.4) is 0 Å². The Morgan fingerprint density at radius 1 is 1.05 bits per heavy atom. The minimum atomic E-state index is 0.0589. The van der Waals surface area contributed by atoms with Gasteiger partial charge in [-0.05, 0) is 48.8 Å². The number of ether oxygens (including phenoxy) is 2. The third-order valence-corrected chi connectivity index (χ3v) is 4.31. The molecule has 0 bridgehead atoms. The van der Waals surface area contributed by atoms with Crippen LogP contribution in [0.25, 0.3) is 0 Å². The Morgan fingerprint density at radius 2 is 1.57 bits per heavy atom. The van der Waals surface area contributed by atoms with Crippen LogP contribution in [0.5, 0.6) is 17.2 Å². The smallest absolute Gasteiger partial charge is 0.200 e. The molecule has 2 N–H and O–H groups in total. The topological polar surface area (TPSA) is 50.7 Å². The zero-order valence-electron chi connectivity index (χ0n) is 13.5. The molecular formula is C17H27NO3. The van der Waals surface area contributed by atoms with Gasteiger partial charge < -0.3 is 19.9 Å². The summed E-state index contributed by atoms with van der Waals surface area (Å²) < 4.78 is 10.4. The Labute approximate surface area is 127 Å². The van der Waals surface area contributed by atoms with Crippen molar-refractivity contribution in [2.24, 2.45) is 11.8 Å². The van der Waals surface area contributed by atoms with E-state index in [9.17, 15) is 5.11 Å². The molecule has 0 radical (unpaired) electrons. The van der Waals surface area contributed by atoms with Gasteiger partial charge >= 0.3 is 0 Å². The maximum Gasteiger partial charge on any atom is 0.200 e. The van der Waals surface area contributed by atoms with Crippen molar-refractivity contribution in [2.45, 2.75) is 45.7 Å². The van der Waals surface area contributed by atoms with Gasteiger partial charge in [0.2, 0.25) is 5.75 Å². The Balaban J connectivity index is 2.02. The van der Waals surface area contributed by atoms with E-state index in [1.165, 1.54) is 19.3 Å². The summed E-state index contributed by atoms with van der Waals surface area (Å²) in [4.78, 5) is 0. The molecule has 1 fully saturated rings. The van der Waals surface area contributed by atoms with Gasteiger partial charge in [-0.2, -0.15) is 0 Å². The summed E-state index contributed by atoms with van der Waals surface area (Å²) in [5, 5.41) is 13.6. The molecule has 0 amide bonds. The van der Waals surface area contributed by atoms with Crippen molar-refractivity contribution in [1.29, 1.82) is 0 Å². The van der Waals surface area contributed by atoms with Gasteiger partial charge in [-0.1, -0.05) is 13.8 Å². The number of aromatic hydroxyl groups is 1. The number of rotatable bonds is 5. The van der Waals surface area contributed by atoms with Crippen molar-refractivity contribution in [2.75, 3.05) is 14.2 Å². The number of phenols is 1. The van der Waals surface area contributed by atoms with Gasteiger partial charge in [-0.15, -0.1) is 0 Å². The number of hydrogen-bond donors (Lipinski definition) is 2. The third kappa shape index (κ3) is 4.03. The van der Waals surface area contributed by atoms with E-state index in [4.69, 9.17) is 9.47 Å². The SMILES string of the molecule is COc1cc(CNC2CC(C)CC(C)C2)cc(OC)c1O. The third-order valence-electron chi connectivity index (χ3n) is 4.31. The van der Waals surface area contributed by atoms with Crippen molar-refractivity contribution in [3.05, 3.63) is 17.7 Å². The predicted octanol–water partition coefficient (Wildman–Crippen LogP) is 3.32. The highest BCUT2D eigenvalue weighted by Crippen LogP contribution is 2.37. The van der Waals surface area contributed by atoms with E-state index in [0.717, 1.165) is 23.9 Å². The zero-order chi connectivity index (χ0) is 15.4. The summed E-state index contributed by atoms with van der Waals surface area (Å²) in [6.07, 6.45) is 3.80. The van der Waals surface area contributed by atoms with Crippen molar-refractivity contribution >= 4 is 0 Å². The average Bonchev–Trinajstić information content (AvgIpc) is 2.45. The molecule has 4 nitrogen and oxygen atoms in total. The largest absolute Gasteiger partial charge is 0.502 e. The Kier molecular flexibility index (Phi) is 5.34. The van der Waals surface area contributed by atoms with Gasteiger partial charge in [0, 0.05) is 12.6 Å². The minimum Gasteiger partial charge on any atom is -0.502 e. The quantitative estimate of drug-likeness (QED) is 0.874. The van der Waals surface area contributed by atoms with Crippen LogP contribution in [0.2, 0.25) is 0 Å². The molecule has 118 valence electrons. The van der Waals surface area contributed by atoms with E-state index >= 15 is 0 Å². The van der Waals surface area contributed by atoms with E-state index in [1.807, 2.05) is 12.1 Å². The molecule has 0 aromatic heterocycles.